The first-order valence-corrected chi connectivity index (χ1v) is 12.8. The molecule has 1 atom stereocenters. The van der Waals surface area contributed by atoms with Crippen LogP contribution in [0.3, 0.4) is 0 Å². The van der Waals surface area contributed by atoms with E-state index in [9.17, 15) is 0 Å². The van der Waals surface area contributed by atoms with E-state index < -0.39 is 0 Å². The minimum atomic E-state index is -0.134. The van der Waals surface area contributed by atoms with Crippen LogP contribution in [0.15, 0.2) is 42.5 Å². The minimum Gasteiger partial charge on any atom is -0.497 e. The highest BCUT2D eigenvalue weighted by atomic mass is 16.5. The van der Waals surface area contributed by atoms with Crippen LogP contribution in [0, 0.1) is 0 Å². The van der Waals surface area contributed by atoms with E-state index >= 15 is 0 Å². The Bertz CT molecular complexity index is 1120. The first-order valence-electron chi connectivity index (χ1n) is 12.8. The van der Waals surface area contributed by atoms with Crippen molar-refractivity contribution in [2.75, 3.05) is 52.4 Å². The lowest BCUT2D eigenvalue weighted by atomic mass is 9.94. The van der Waals surface area contributed by atoms with Crippen LogP contribution in [0.1, 0.15) is 55.6 Å². The van der Waals surface area contributed by atoms with E-state index in [4.69, 9.17) is 14.2 Å². The molecule has 1 saturated carbocycles. The molecule has 2 heterocycles. The number of hydrogen-bond acceptors (Lipinski definition) is 8. The molecule has 0 N–H and O–H groups in total. The van der Waals surface area contributed by atoms with Crippen molar-refractivity contribution in [2.24, 2.45) is 0 Å². The standard InChI is InChI=1S/C27H36N6O3/c1-34-22-11-9-20(10-12-22)31-15-17-32(18-16-31)26(24-19-23(35-2)13-14-25(24)36-3)27-28-29-30-33(27)21-7-5-4-6-8-21/h9-14,19,21,26H,4-8,15-18H2,1-3H3/t26-/m1/s1. The van der Waals surface area contributed by atoms with Gasteiger partial charge in [0, 0.05) is 37.4 Å². The second-order valence-electron chi connectivity index (χ2n) is 9.50. The normalized spacial score (nSPS) is 18.1. The number of hydrogen-bond donors (Lipinski definition) is 0. The average molecular weight is 493 g/mol. The van der Waals surface area contributed by atoms with Gasteiger partial charge in [-0.3, -0.25) is 4.90 Å². The zero-order valence-electron chi connectivity index (χ0n) is 21.5. The van der Waals surface area contributed by atoms with Crippen molar-refractivity contribution in [3.05, 3.63) is 53.9 Å². The third-order valence-corrected chi connectivity index (χ3v) is 7.53. The van der Waals surface area contributed by atoms with Gasteiger partial charge in [-0.05, 0) is 65.7 Å². The lowest BCUT2D eigenvalue weighted by Crippen LogP contribution is -2.48. The number of anilines is 1. The van der Waals surface area contributed by atoms with Gasteiger partial charge >= 0.3 is 0 Å². The third-order valence-electron chi connectivity index (χ3n) is 7.53. The fourth-order valence-corrected chi connectivity index (χ4v) is 5.55. The van der Waals surface area contributed by atoms with Crippen molar-refractivity contribution in [1.82, 2.24) is 25.1 Å². The third kappa shape index (κ3) is 4.97. The van der Waals surface area contributed by atoms with Gasteiger partial charge in [-0.25, -0.2) is 4.68 Å². The molecule has 3 aromatic rings. The van der Waals surface area contributed by atoms with Gasteiger partial charge in [0.1, 0.15) is 23.3 Å². The highest BCUT2D eigenvalue weighted by molar-refractivity contribution is 5.50. The Morgan fingerprint density at radius 1 is 0.806 bits per heavy atom. The summed E-state index contributed by atoms with van der Waals surface area (Å²) in [5, 5.41) is 13.3. The Balaban J connectivity index is 1.47. The van der Waals surface area contributed by atoms with Crippen LogP contribution in [-0.2, 0) is 0 Å². The van der Waals surface area contributed by atoms with Crippen LogP contribution in [0.5, 0.6) is 17.2 Å². The Labute approximate surface area is 212 Å². The molecule has 2 fully saturated rings. The van der Waals surface area contributed by atoms with Crippen LogP contribution in [-0.4, -0.2) is 72.6 Å². The molecule has 1 aliphatic carbocycles. The zero-order valence-corrected chi connectivity index (χ0v) is 21.5. The number of rotatable bonds is 8. The maximum Gasteiger partial charge on any atom is 0.173 e. The number of tetrazole rings is 1. The highest BCUT2D eigenvalue weighted by Gasteiger charge is 2.34. The summed E-state index contributed by atoms with van der Waals surface area (Å²) in [4.78, 5) is 4.89. The van der Waals surface area contributed by atoms with Crippen LogP contribution in [0.25, 0.3) is 0 Å². The molecule has 2 aromatic carbocycles. The smallest absolute Gasteiger partial charge is 0.173 e. The summed E-state index contributed by atoms with van der Waals surface area (Å²) < 4.78 is 18.8. The molecule has 0 spiro atoms. The van der Waals surface area contributed by atoms with Gasteiger partial charge in [0.2, 0.25) is 0 Å². The number of aromatic nitrogens is 4. The van der Waals surface area contributed by atoms with Crippen molar-refractivity contribution in [3.63, 3.8) is 0 Å². The van der Waals surface area contributed by atoms with Crippen molar-refractivity contribution in [3.8, 4) is 17.2 Å². The molecule has 9 heteroatoms. The van der Waals surface area contributed by atoms with Crippen molar-refractivity contribution < 1.29 is 14.2 Å². The molecule has 36 heavy (non-hydrogen) atoms. The molecule has 0 radical (unpaired) electrons. The van der Waals surface area contributed by atoms with Crippen molar-refractivity contribution in [1.29, 1.82) is 0 Å². The Hall–Kier alpha value is -3.33. The molecule has 1 saturated heterocycles. The van der Waals surface area contributed by atoms with Crippen molar-refractivity contribution in [2.45, 2.75) is 44.2 Å². The maximum atomic E-state index is 5.83. The maximum absolute atomic E-state index is 5.83. The molecular formula is C27H36N6O3. The second kappa shape index (κ2) is 11.2. The number of ether oxygens (including phenoxy) is 3. The lowest BCUT2D eigenvalue weighted by molar-refractivity contribution is 0.190. The summed E-state index contributed by atoms with van der Waals surface area (Å²) in [5.74, 6) is 3.37. The molecule has 0 unspecified atom stereocenters. The Kier molecular flexibility index (Phi) is 7.55. The largest absolute Gasteiger partial charge is 0.497 e. The molecule has 2 aliphatic rings. The minimum absolute atomic E-state index is 0.134. The monoisotopic (exact) mass is 492 g/mol. The fraction of sp³-hybridized carbons (Fsp3) is 0.519. The van der Waals surface area contributed by atoms with Gasteiger partial charge in [-0.15, -0.1) is 5.10 Å². The number of methoxy groups -OCH3 is 3. The molecule has 5 rings (SSSR count). The molecule has 1 aromatic heterocycles. The summed E-state index contributed by atoms with van der Waals surface area (Å²) >= 11 is 0. The van der Waals surface area contributed by atoms with Crippen LogP contribution < -0.4 is 19.1 Å². The average Bonchev–Trinajstić information content (AvgIpc) is 3.43. The SMILES string of the molecule is COc1ccc(N2CCN([C@H](c3cc(OC)ccc3OC)c3nnnn3C3CCCCC3)CC2)cc1. The van der Waals surface area contributed by atoms with Crippen molar-refractivity contribution >= 4 is 5.69 Å². The van der Waals surface area contributed by atoms with Gasteiger partial charge in [0.15, 0.2) is 5.82 Å². The number of benzene rings is 2. The second-order valence-corrected chi connectivity index (χ2v) is 9.50. The van der Waals surface area contributed by atoms with E-state index in [1.165, 1.54) is 24.9 Å². The quantitative estimate of drug-likeness (QED) is 0.465. The summed E-state index contributed by atoms with van der Waals surface area (Å²) in [7, 11) is 5.11. The zero-order chi connectivity index (χ0) is 24.9. The lowest BCUT2D eigenvalue weighted by Gasteiger charge is -2.40. The van der Waals surface area contributed by atoms with E-state index in [1.54, 1.807) is 21.3 Å². The van der Waals surface area contributed by atoms with Gasteiger partial charge < -0.3 is 19.1 Å². The van der Waals surface area contributed by atoms with E-state index in [0.29, 0.717) is 6.04 Å². The molecule has 0 amide bonds. The summed E-state index contributed by atoms with van der Waals surface area (Å²) in [6.07, 6.45) is 5.96. The molecule has 1 aliphatic heterocycles. The van der Waals surface area contributed by atoms with Gasteiger partial charge in [-0.2, -0.15) is 0 Å². The fourth-order valence-electron chi connectivity index (χ4n) is 5.55. The Morgan fingerprint density at radius 3 is 2.17 bits per heavy atom. The van der Waals surface area contributed by atoms with Gasteiger partial charge in [0.05, 0.1) is 27.4 Å². The van der Waals surface area contributed by atoms with Crippen LogP contribution >= 0.6 is 0 Å². The van der Waals surface area contributed by atoms with E-state index in [2.05, 4.69) is 48.2 Å². The van der Waals surface area contributed by atoms with Gasteiger partial charge in [-0.1, -0.05) is 19.3 Å². The molecule has 192 valence electrons. The molecule has 9 nitrogen and oxygen atoms in total. The first kappa shape index (κ1) is 24.4. The topological polar surface area (TPSA) is 77.8 Å². The molecule has 0 bridgehead atoms. The summed E-state index contributed by atoms with van der Waals surface area (Å²) in [6, 6.07) is 14.5. The van der Waals surface area contributed by atoms with Crippen LogP contribution in [0.2, 0.25) is 0 Å². The van der Waals surface area contributed by atoms with E-state index in [-0.39, 0.29) is 6.04 Å². The number of nitrogens with zero attached hydrogens (tertiary/aromatic N) is 6. The predicted octanol–water partition coefficient (Wildman–Crippen LogP) is 4.12. The summed E-state index contributed by atoms with van der Waals surface area (Å²) in [5.41, 5.74) is 2.24. The van der Waals surface area contributed by atoms with E-state index in [0.717, 1.165) is 67.7 Å². The molecular weight excluding hydrogens is 456 g/mol. The summed E-state index contributed by atoms with van der Waals surface area (Å²) in [6.45, 7) is 3.55. The first-order chi connectivity index (χ1) is 17.7. The van der Waals surface area contributed by atoms with Gasteiger partial charge in [0.25, 0.3) is 0 Å². The van der Waals surface area contributed by atoms with E-state index in [1.807, 2.05) is 24.3 Å². The Morgan fingerprint density at radius 2 is 1.50 bits per heavy atom. The number of piperazine rings is 1. The van der Waals surface area contributed by atoms with Crippen LogP contribution in [0.4, 0.5) is 5.69 Å². The predicted molar refractivity (Wildman–Crippen MR) is 138 cm³/mol. The highest BCUT2D eigenvalue weighted by Crippen LogP contribution is 2.39.